The summed E-state index contributed by atoms with van der Waals surface area (Å²) in [4.78, 5) is 18.0. The van der Waals surface area contributed by atoms with E-state index in [9.17, 15) is 4.79 Å². The fourth-order valence-electron chi connectivity index (χ4n) is 1.85. The SMILES string of the molecule is Cc1ncc(N)cc1C(=O)N(C)c1cccc(C#N)c1. The van der Waals surface area contributed by atoms with E-state index in [-0.39, 0.29) is 5.91 Å². The Hall–Kier alpha value is -2.87. The summed E-state index contributed by atoms with van der Waals surface area (Å²) in [5, 5.41) is 8.90. The Morgan fingerprint density at radius 1 is 1.40 bits per heavy atom. The van der Waals surface area contributed by atoms with Crippen LogP contribution in [0.5, 0.6) is 0 Å². The normalized spacial score (nSPS) is 9.85. The molecule has 5 nitrogen and oxygen atoms in total. The maximum atomic E-state index is 12.5. The van der Waals surface area contributed by atoms with Gasteiger partial charge < -0.3 is 10.6 Å². The smallest absolute Gasteiger partial charge is 0.259 e. The molecule has 0 bridgehead atoms. The molecule has 0 unspecified atom stereocenters. The predicted octanol–water partition coefficient (Wildman–Crippen LogP) is 2.12. The van der Waals surface area contributed by atoms with Crippen molar-refractivity contribution in [3.05, 3.63) is 53.3 Å². The molecule has 0 fully saturated rings. The van der Waals surface area contributed by atoms with Gasteiger partial charge in [0, 0.05) is 12.7 Å². The van der Waals surface area contributed by atoms with Crippen molar-refractivity contribution in [1.82, 2.24) is 4.98 Å². The summed E-state index contributed by atoms with van der Waals surface area (Å²) in [5.41, 5.74) is 8.34. The van der Waals surface area contributed by atoms with Crippen LogP contribution in [0.2, 0.25) is 0 Å². The van der Waals surface area contributed by atoms with Crippen LogP contribution in [-0.2, 0) is 0 Å². The Labute approximate surface area is 117 Å². The van der Waals surface area contributed by atoms with Crippen molar-refractivity contribution >= 4 is 17.3 Å². The van der Waals surface area contributed by atoms with Gasteiger partial charge in [0.05, 0.1) is 34.8 Å². The van der Waals surface area contributed by atoms with Gasteiger partial charge in [0.1, 0.15) is 0 Å². The van der Waals surface area contributed by atoms with Crippen molar-refractivity contribution in [3.63, 3.8) is 0 Å². The van der Waals surface area contributed by atoms with Crippen LogP contribution >= 0.6 is 0 Å². The predicted molar refractivity (Wildman–Crippen MR) is 77.3 cm³/mol. The van der Waals surface area contributed by atoms with Crippen LogP contribution in [0.4, 0.5) is 11.4 Å². The van der Waals surface area contributed by atoms with Crippen LogP contribution in [0.15, 0.2) is 36.5 Å². The van der Waals surface area contributed by atoms with Crippen LogP contribution < -0.4 is 10.6 Å². The summed E-state index contributed by atoms with van der Waals surface area (Å²) in [6, 6.07) is 10.5. The van der Waals surface area contributed by atoms with Crippen LogP contribution in [0.25, 0.3) is 0 Å². The third kappa shape index (κ3) is 2.59. The highest BCUT2D eigenvalue weighted by Gasteiger charge is 2.17. The van der Waals surface area contributed by atoms with Gasteiger partial charge in [0.2, 0.25) is 0 Å². The van der Waals surface area contributed by atoms with Crippen LogP contribution in [-0.4, -0.2) is 17.9 Å². The summed E-state index contributed by atoms with van der Waals surface area (Å²) in [6.07, 6.45) is 1.52. The second-order valence-corrected chi connectivity index (χ2v) is 4.43. The number of nitriles is 1. The first-order chi connectivity index (χ1) is 9.52. The number of carbonyl (C=O) groups is 1. The molecule has 0 spiro atoms. The zero-order chi connectivity index (χ0) is 14.7. The average Bonchev–Trinajstić information content (AvgIpc) is 2.48. The van der Waals surface area contributed by atoms with Gasteiger partial charge in [-0.3, -0.25) is 9.78 Å². The topological polar surface area (TPSA) is 83.0 Å². The lowest BCUT2D eigenvalue weighted by atomic mass is 10.1. The van der Waals surface area contributed by atoms with E-state index in [0.29, 0.717) is 28.2 Å². The minimum atomic E-state index is -0.211. The van der Waals surface area contributed by atoms with Crippen LogP contribution in [0.1, 0.15) is 21.6 Å². The second kappa shape index (κ2) is 5.41. The molecule has 0 aliphatic heterocycles. The first-order valence-electron chi connectivity index (χ1n) is 6.03. The molecule has 0 saturated heterocycles. The Balaban J connectivity index is 2.37. The number of pyridine rings is 1. The molecule has 0 atom stereocenters. The van der Waals surface area contributed by atoms with Crippen LogP contribution in [0.3, 0.4) is 0 Å². The van der Waals surface area contributed by atoms with Gasteiger partial charge in [-0.1, -0.05) is 6.07 Å². The lowest BCUT2D eigenvalue weighted by molar-refractivity contribution is 0.0992. The summed E-state index contributed by atoms with van der Waals surface area (Å²) in [6.45, 7) is 1.76. The highest BCUT2D eigenvalue weighted by Crippen LogP contribution is 2.19. The van der Waals surface area contributed by atoms with Gasteiger partial charge in [-0.2, -0.15) is 5.26 Å². The number of carbonyl (C=O) groups excluding carboxylic acids is 1. The van der Waals surface area contributed by atoms with Crippen molar-refractivity contribution in [1.29, 1.82) is 5.26 Å². The Morgan fingerprint density at radius 2 is 2.15 bits per heavy atom. The minimum Gasteiger partial charge on any atom is -0.397 e. The van der Waals surface area contributed by atoms with E-state index in [1.54, 1.807) is 44.3 Å². The largest absolute Gasteiger partial charge is 0.397 e. The molecule has 0 saturated carbocycles. The number of benzene rings is 1. The highest BCUT2D eigenvalue weighted by atomic mass is 16.2. The van der Waals surface area contributed by atoms with Gasteiger partial charge in [0.25, 0.3) is 5.91 Å². The number of amides is 1. The third-order valence-electron chi connectivity index (χ3n) is 3.01. The molecule has 100 valence electrons. The number of nitrogens with zero attached hydrogens (tertiary/aromatic N) is 3. The fraction of sp³-hybridized carbons (Fsp3) is 0.133. The molecule has 2 rings (SSSR count). The fourth-order valence-corrected chi connectivity index (χ4v) is 1.85. The van der Waals surface area contributed by atoms with Gasteiger partial charge >= 0.3 is 0 Å². The van der Waals surface area contributed by atoms with Crippen LogP contribution in [0, 0.1) is 18.3 Å². The molecule has 20 heavy (non-hydrogen) atoms. The van der Waals surface area contributed by atoms with Gasteiger partial charge in [-0.05, 0) is 31.2 Å². The quantitative estimate of drug-likeness (QED) is 0.902. The number of nitrogen functional groups attached to an aromatic ring is 1. The molecule has 0 aliphatic rings. The highest BCUT2D eigenvalue weighted by molar-refractivity contribution is 6.06. The van der Waals surface area contributed by atoms with E-state index in [4.69, 9.17) is 11.0 Å². The maximum absolute atomic E-state index is 12.5. The van der Waals surface area contributed by atoms with E-state index in [1.165, 1.54) is 11.1 Å². The Kier molecular flexibility index (Phi) is 3.67. The van der Waals surface area contributed by atoms with Gasteiger partial charge in [-0.15, -0.1) is 0 Å². The standard InChI is InChI=1S/C15H14N4O/c1-10-14(7-12(17)9-18-10)15(20)19(2)13-5-3-4-11(6-13)8-16/h3-7,9H,17H2,1-2H3. The van der Waals surface area contributed by atoms with E-state index >= 15 is 0 Å². The molecular formula is C15H14N4O. The maximum Gasteiger partial charge on any atom is 0.259 e. The number of aryl methyl sites for hydroxylation is 1. The summed E-state index contributed by atoms with van der Waals surface area (Å²) >= 11 is 0. The lowest BCUT2D eigenvalue weighted by Gasteiger charge is -2.18. The number of hydrogen-bond acceptors (Lipinski definition) is 4. The zero-order valence-electron chi connectivity index (χ0n) is 11.3. The molecule has 1 amide bonds. The number of nitrogens with two attached hydrogens (primary N) is 1. The van der Waals surface area contributed by atoms with Crippen molar-refractivity contribution in [2.45, 2.75) is 6.92 Å². The minimum absolute atomic E-state index is 0.211. The third-order valence-corrected chi connectivity index (χ3v) is 3.01. The first kappa shape index (κ1) is 13.6. The molecule has 2 N–H and O–H groups in total. The summed E-state index contributed by atoms with van der Waals surface area (Å²) in [5.74, 6) is -0.211. The lowest BCUT2D eigenvalue weighted by Crippen LogP contribution is -2.27. The van der Waals surface area contributed by atoms with E-state index in [0.717, 1.165) is 0 Å². The van der Waals surface area contributed by atoms with E-state index in [2.05, 4.69) is 11.1 Å². The number of hydrogen-bond donors (Lipinski definition) is 1. The molecule has 5 heteroatoms. The van der Waals surface area contributed by atoms with Gasteiger partial charge in [-0.25, -0.2) is 0 Å². The number of rotatable bonds is 2. The van der Waals surface area contributed by atoms with Gasteiger partial charge in [0.15, 0.2) is 0 Å². The Morgan fingerprint density at radius 3 is 2.85 bits per heavy atom. The summed E-state index contributed by atoms with van der Waals surface area (Å²) in [7, 11) is 1.65. The van der Waals surface area contributed by atoms with E-state index in [1.807, 2.05) is 0 Å². The number of aromatic nitrogens is 1. The van der Waals surface area contributed by atoms with E-state index < -0.39 is 0 Å². The monoisotopic (exact) mass is 266 g/mol. The van der Waals surface area contributed by atoms with Crippen molar-refractivity contribution in [3.8, 4) is 6.07 Å². The molecule has 2 aromatic rings. The first-order valence-corrected chi connectivity index (χ1v) is 6.03. The zero-order valence-corrected chi connectivity index (χ0v) is 11.3. The molecule has 0 aliphatic carbocycles. The molecule has 1 aromatic carbocycles. The molecular weight excluding hydrogens is 252 g/mol. The Bertz CT molecular complexity index is 703. The van der Waals surface area contributed by atoms with Crippen molar-refractivity contribution in [2.24, 2.45) is 0 Å². The molecule has 0 radical (unpaired) electrons. The second-order valence-electron chi connectivity index (χ2n) is 4.43. The van der Waals surface area contributed by atoms with Crippen molar-refractivity contribution < 1.29 is 4.79 Å². The molecule has 1 heterocycles. The average molecular weight is 266 g/mol. The summed E-state index contributed by atoms with van der Waals surface area (Å²) < 4.78 is 0. The molecule has 1 aromatic heterocycles. The van der Waals surface area contributed by atoms with Crippen molar-refractivity contribution in [2.75, 3.05) is 17.7 Å². The number of anilines is 2.